The molecule has 0 amide bonds. The van der Waals surface area contributed by atoms with Gasteiger partial charge < -0.3 is 5.73 Å². The summed E-state index contributed by atoms with van der Waals surface area (Å²) in [7, 11) is 0. The number of hydrogen-bond acceptors (Lipinski definition) is 3. The van der Waals surface area contributed by atoms with Gasteiger partial charge in [0.1, 0.15) is 5.03 Å². The number of nitrogens with zero attached hydrogens (tertiary/aromatic N) is 1. The summed E-state index contributed by atoms with van der Waals surface area (Å²) in [4.78, 5) is 5.47. The normalized spacial score (nSPS) is 10.4. The van der Waals surface area contributed by atoms with Crippen molar-refractivity contribution in [2.45, 2.75) is 16.8 Å². The molecule has 2 aromatic rings. The van der Waals surface area contributed by atoms with Crippen molar-refractivity contribution in [2.24, 2.45) is 0 Å². The Balaban J connectivity index is 2.24. The SMILES string of the molecule is Cc1nc(Sc2cccc(Cl)c2)ccc1N. The van der Waals surface area contributed by atoms with Gasteiger partial charge in [0.25, 0.3) is 0 Å². The van der Waals surface area contributed by atoms with Gasteiger partial charge in [-0.25, -0.2) is 4.98 Å². The molecule has 1 aromatic heterocycles. The van der Waals surface area contributed by atoms with Crippen molar-refractivity contribution < 1.29 is 0 Å². The van der Waals surface area contributed by atoms with Gasteiger partial charge in [-0.3, -0.25) is 0 Å². The lowest BCUT2D eigenvalue weighted by Gasteiger charge is -2.04. The number of benzene rings is 1. The van der Waals surface area contributed by atoms with Gasteiger partial charge in [-0.05, 0) is 37.3 Å². The first-order valence-corrected chi connectivity index (χ1v) is 6.01. The van der Waals surface area contributed by atoms with Crippen LogP contribution in [0.25, 0.3) is 0 Å². The Morgan fingerprint density at radius 2 is 2.06 bits per heavy atom. The van der Waals surface area contributed by atoms with Gasteiger partial charge in [0.05, 0.1) is 11.4 Å². The predicted molar refractivity (Wildman–Crippen MR) is 69.0 cm³/mol. The molecule has 0 aliphatic heterocycles. The summed E-state index contributed by atoms with van der Waals surface area (Å²) in [6.45, 7) is 1.90. The molecule has 1 heterocycles. The Labute approximate surface area is 104 Å². The number of aromatic nitrogens is 1. The van der Waals surface area contributed by atoms with E-state index in [0.717, 1.165) is 26.3 Å². The molecular weight excluding hydrogens is 240 g/mol. The maximum absolute atomic E-state index is 5.91. The van der Waals surface area contributed by atoms with Crippen molar-refractivity contribution in [3.05, 3.63) is 47.1 Å². The van der Waals surface area contributed by atoms with Crippen LogP contribution in [0.4, 0.5) is 5.69 Å². The van der Waals surface area contributed by atoms with Crippen molar-refractivity contribution in [2.75, 3.05) is 5.73 Å². The van der Waals surface area contributed by atoms with Crippen LogP contribution in [0.3, 0.4) is 0 Å². The summed E-state index contributed by atoms with van der Waals surface area (Å²) in [5.74, 6) is 0. The number of rotatable bonds is 2. The van der Waals surface area contributed by atoms with Crippen molar-refractivity contribution in [3.8, 4) is 0 Å². The average molecular weight is 251 g/mol. The monoisotopic (exact) mass is 250 g/mol. The number of nitrogen functional groups attached to an aromatic ring is 1. The molecule has 0 saturated carbocycles. The molecule has 1 aromatic carbocycles. The molecule has 0 aliphatic rings. The Morgan fingerprint density at radius 1 is 1.25 bits per heavy atom. The molecule has 0 fully saturated rings. The summed E-state index contributed by atoms with van der Waals surface area (Å²) in [6, 6.07) is 11.5. The molecule has 2 N–H and O–H groups in total. The zero-order chi connectivity index (χ0) is 11.5. The maximum Gasteiger partial charge on any atom is 0.101 e. The van der Waals surface area contributed by atoms with Crippen LogP contribution < -0.4 is 5.73 Å². The highest BCUT2D eigenvalue weighted by Gasteiger charge is 2.01. The fraction of sp³-hybridized carbons (Fsp3) is 0.0833. The van der Waals surface area contributed by atoms with Gasteiger partial charge in [0.15, 0.2) is 0 Å². The van der Waals surface area contributed by atoms with Gasteiger partial charge in [0, 0.05) is 9.92 Å². The number of aryl methyl sites for hydroxylation is 1. The van der Waals surface area contributed by atoms with Crippen LogP contribution in [0.5, 0.6) is 0 Å². The smallest absolute Gasteiger partial charge is 0.101 e. The molecule has 0 spiro atoms. The minimum absolute atomic E-state index is 0.718. The van der Waals surface area contributed by atoms with E-state index < -0.39 is 0 Å². The van der Waals surface area contributed by atoms with Gasteiger partial charge in [-0.2, -0.15) is 0 Å². The van der Waals surface area contributed by atoms with E-state index in [4.69, 9.17) is 17.3 Å². The lowest BCUT2D eigenvalue weighted by atomic mass is 10.3. The number of nitrogens with two attached hydrogens (primary N) is 1. The number of pyridine rings is 1. The highest BCUT2D eigenvalue weighted by Crippen LogP contribution is 2.28. The van der Waals surface area contributed by atoms with Crippen molar-refractivity contribution in [1.29, 1.82) is 0 Å². The third-order valence-corrected chi connectivity index (χ3v) is 3.28. The number of anilines is 1. The van der Waals surface area contributed by atoms with Gasteiger partial charge >= 0.3 is 0 Å². The second-order valence-corrected chi connectivity index (χ2v) is 4.91. The van der Waals surface area contributed by atoms with E-state index in [9.17, 15) is 0 Å². The van der Waals surface area contributed by atoms with E-state index in [-0.39, 0.29) is 0 Å². The van der Waals surface area contributed by atoms with Gasteiger partial charge in [0.2, 0.25) is 0 Å². The zero-order valence-electron chi connectivity index (χ0n) is 8.77. The first-order chi connectivity index (χ1) is 7.65. The maximum atomic E-state index is 5.91. The lowest BCUT2D eigenvalue weighted by Crippen LogP contribution is -1.93. The standard InChI is InChI=1S/C12H11ClN2S/c1-8-11(14)5-6-12(15-8)16-10-4-2-3-9(13)7-10/h2-7H,14H2,1H3. The molecule has 2 rings (SSSR count). The third-order valence-electron chi connectivity index (χ3n) is 2.12. The van der Waals surface area contributed by atoms with Gasteiger partial charge in [-0.15, -0.1) is 0 Å². The summed E-state index contributed by atoms with van der Waals surface area (Å²) >= 11 is 7.49. The Bertz CT molecular complexity index is 514. The Hall–Kier alpha value is -1.19. The molecule has 0 bridgehead atoms. The van der Waals surface area contributed by atoms with Crippen molar-refractivity contribution >= 4 is 29.1 Å². The molecule has 0 atom stereocenters. The summed E-state index contributed by atoms with van der Waals surface area (Å²) < 4.78 is 0. The second kappa shape index (κ2) is 4.76. The molecule has 0 aliphatic carbocycles. The van der Waals surface area contributed by atoms with Crippen molar-refractivity contribution in [1.82, 2.24) is 4.98 Å². The molecular formula is C12H11ClN2S. The van der Waals surface area contributed by atoms with Crippen LogP contribution in [0.2, 0.25) is 5.02 Å². The first-order valence-electron chi connectivity index (χ1n) is 4.82. The zero-order valence-corrected chi connectivity index (χ0v) is 10.3. The van der Waals surface area contributed by atoms with Crippen molar-refractivity contribution in [3.63, 3.8) is 0 Å². The molecule has 16 heavy (non-hydrogen) atoms. The highest BCUT2D eigenvalue weighted by atomic mass is 35.5. The van der Waals surface area contributed by atoms with Crippen LogP contribution in [0.15, 0.2) is 46.3 Å². The predicted octanol–water partition coefficient (Wildman–Crippen LogP) is 3.78. The molecule has 82 valence electrons. The Kier molecular flexibility index (Phi) is 3.36. The quantitative estimate of drug-likeness (QED) is 0.882. The van der Waals surface area contributed by atoms with E-state index in [0.29, 0.717) is 0 Å². The molecule has 0 saturated heterocycles. The topological polar surface area (TPSA) is 38.9 Å². The minimum atomic E-state index is 0.718. The van der Waals surface area contributed by atoms with Crippen LogP contribution in [0.1, 0.15) is 5.69 Å². The van der Waals surface area contributed by atoms with Gasteiger partial charge in [-0.1, -0.05) is 29.4 Å². The van der Waals surface area contributed by atoms with Crippen LogP contribution in [0, 0.1) is 6.92 Å². The molecule has 0 unspecified atom stereocenters. The summed E-state index contributed by atoms with van der Waals surface area (Å²) in [5, 5.41) is 1.66. The largest absolute Gasteiger partial charge is 0.397 e. The third kappa shape index (κ3) is 2.68. The lowest BCUT2D eigenvalue weighted by molar-refractivity contribution is 1.07. The molecule has 4 heteroatoms. The highest BCUT2D eigenvalue weighted by molar-refractivity contribution is 7.99. The van der Waals surface area contributed by atoms with E-state index >= 15 is 0 Å². The molecule has 0 radical (unpaired) electrons. The van der Waals surface area contributed by atoms with E-state index in [1.165, 1.54) is 0 Å². The Morgan fingerprint density at radius 3 is 2.75 bits per heavy atom. The van der Waals surface area contributed by atoms with Crippen LogP contribution in [-0.4, -0.2) is 4.98 Å². The average Bonchev–Trinajstić information content (AvgIpc) is 2.24. The number of hydrogen-bond donors (Lipinski definition) is 1. The van der Waals surface area contributed by atoms with Crippen LogP contribution >= 0.6 is 23.4 Å². The number of halogens is 1. The summed E-state index contributed by atoms with van der Waals surface area (Å²) in [6.07, 6.45) is 0. The van der Waals surface area contributed by atoms with E-state index in [2.05, 4.69) is 4.98 Å². The summed E-state index contributed by atoms with van der Waals surface area (Å²) in [5.41, 5.74) is 7.29. The fourth-order valence-corrected chi connectivity index (χ4v) is 2.40. The first kappa shape index (κ1) is 11.3. The van der Waals surface area contributed by atoms with E-state index in [1.54, 1.807) is 11.8 Å². The van der Waals surface area contributed by atoms with Crippen LogP contribution in [-0.2, 0) is 0 Å². The fourth-order valence-electron chi connectivity index (χ4n) is 1.26. The van der Waals surface area contributed by atoms with E-state index in [1.807, 2.05) is 43.3 Å². The molecule has 2 nitrogen and oxygen atoms in total. The minimum Gasteiger partial charge on any atom is -0.397 e. The second-order valence-electron chi connectivity index (χ2n) is 3.38.